The van der Waals surface area contributed by atoms with Gasteiger partial charge >= 0.3 is 5.97 Å². The van der Waals surface area contributed by atoms with Crippen LogP contribution < -0.4 is 0 Å². The maximum absolute atomic E-state index is 11.9. The Morgan fingerprint density at radius 2 is 2.17 bits per heavy atom. The normalized spacial score (nSPS) is 23.9. The molecule has 1 saturated heterocycles. The summed E-state index contributed by atoms with van der Waals surface area (Å²) >= 11 is 0. The summed E-state index contributed by atoms with van der Waals surface area (Å²) in [5, 5.41) is 0. The minimum absolute atomic E-state index is 0.337. The van der Waals surface area contributed by atoms with Crippen LogP contribution in [0.2, 0.25) is 0 Å². The number of carbonyl (C=O) groups is 1. The summed E-state index contributed by atoms with van der Waals surface area (Å²) in [5.74, 6) is -1.04. The summed E-state index contributed by atoms with van der Waals surface area (Å²) in [6.45, 7) is 8.70. The molecule has 106 valence electrons. The lowest BCUT2D eigenvalue weighted by Gasteiger charge is -2.23. The second-order valence-corrected chi connectivity index (χ2v) is 4.76. The van der Waals surface area contributed by atoms with Crippen LogP contribution >= 0.6 is 0 Å². The third kappa shape index (κ3) is 4.55. The quantitative estimate of drug-likeness (QED) is 0.517. The molecule has 1 heterocycles. The van der Waals surface area contributed by atoms with Crippen LogP contribution in [0.25, 0.3) is 0 Å². The molecule has 1 rings (SSSR count). The van der Waals surface area contributed by atoms with E-state index in [1.54, 1.807) is 6.92 Å². The van der Waals surface area contributed by atoms with Gasteiger partial charge in [-0.2, -0.15) is 0 Å². The standard InChI is InChI=1S/C13H24O5/c1-5-7-8-16-11(12(14)15-6-2)10-9-17-13(3,4)18-10/h10-11H,5-9H2,1-4H3/t10-,11-/m1/s1. The average molecular weight is 260 g/mol. The van der Waals surface area contributed by atoms with Gasteiger partial charge in [0, 0.05) is 6.61 Å². The van der Waals surface area contributed by atoms with E-state index in [1.807, 2.05) is 13.8 Å². The maximum Gasteiger partial charge on any atom is 0.338 e. The molecule has 0 spiro atoms. The van der Waals surface area contributed by atoms with E-state index in [0.29, 0.717) is 19.8 Å². The second-order valence-electron chi connectivity index (χ2n) is 4.76. The van der Waals surface area contributed by atoms with E-state index >= 15 is 0 Å². The summed E-state index contributed by atoms with van der Waals surface area (Å²) in [7, 11) is 0. The van der Waals surface area contributed by atoms with Gasteiger partial charge in [-0.25, -0.2) is 4.79 Å². The zero-order chi connectivity index (χ0) is 13.6. The molecule has 0 amide bonds. The number of hydrogen-bond donors (Lipinski definition) is 0. The van der Waals surface area contributed by atoms with Crippen molar-refractivity contribution in [2.75, 3.05) is 19.8 Å². The minimum Gasteiger partial charge on any atom is -0.464 e. The highest BCUT2D eigenvalue weighted by molar-refractivity contribution is 5.75. The molecule has 0 aromatic carbocycles. The van der Waals surface area contributed by atoms with Gasteiger partial charge in [0.25, 0.3) is 0 Å². The van der Waals surface area contributed by atoms with Gasteiger partial charge in [-0.3, -0.25) is 0 Å². The molecular weight excluding hydrogens is 236 g/mol. The number of hydrogen-bond acceptors (Lipinski definition) is 5. The first-order valence-corrected chi connectivity index (χ1v) is 6.60. The van der Waals surface area contributed by atoms with Gasteiger partial charge in [-0.05, 0) is 27.2 Å². The Kier molecular flexibility index (Phi) is 6.05. The van der Waals surface area contributed by atoms with Crippen LogP contribution in [-0.2, 0) is 23.7 Å². The highest BCUT2D eigenvalue weighted by Crippen LogP contribution is 2.26. The second kappa shape index (κ2) is 7.07. The molecular formula is C13H24O5. The zero-order valence-electron chi connectivity index (χ0n) is 11.7. The Bertz CT molecular complexity index is 264. The van der Waals surface area contributed by atoms with Crippen LogP contribution in [0.15, 0.2) is 0 Å². The van der Waals surface area contributed by atoms with Crippen molar-refractivity contribution in [3.8, 4) is 0 Å². The summed E-state index contributed by atoms with van der Waals surface area (Å²) < 4.78 is 21.7. The fraction of sp³-hybridized carbons (Fsp3) is 0.923. The predicted octanol–water partition coefficient (Wildman–Crippen LogP) is 1.89. The van der Waals surface area contributed by atoms with E-state index in [1.165, 1.54) is 0 Å². The predicted molar refractivity (Wildman–Crippen MR) is 66.2 cm³/mol. The SMILES string of the molecule is CCCCO[C@@H](C(=O)OCC)[C@H]1COC(C)(C)O1. The lowest BCUT2D eigenvalue weighted by atomic mass is 10.2. The Morgan fingerprint density at radius 3 is 2.67 bits per heavy atom. The van der Waals surface area contributed by atoms with Crippen LogP contribution in [0.1, 0.15) is 40.5 Å². The van der Waals surface area contributed by atoms with E-state index in [2.05, 4.69) is 6.92 Å². The van der Waals surface area contributed by atoms with Gasteiger partial charge in [0.1, 0.15) is 6.10 Å². The Hall–Kier alpha value is -0.650. The van der Waals surface area contributed by atoms with E-state index in [4.69, 9.17) is 18.9 Å². The van der Waals surface area contributed by atoms with Crippen LogP contribution in [0.3, 0.4) is 0 Å². The first-order valence-electron chi connectivity index (χ1n) is 6.60. The van der Waals surface area contributed by atoms with Crippen molar-refractivity contribution < 1.29 is 23.7 Å². The van der Waals surface area contributed by atoms with Crippen molar-refractivity contribution in [3.05, 3.63) is 0 Å². The van der Waals surface area contributed by atoms with Crippen LogP contribution in [-0.4, -0.2) is 43.8 Å². The molecule has 18 heavy (non-hydrogen) atoms. The molecule has 2 atom stereocenters. The Balaban J connectivity index is 2.56. The fourth-order valence-electron chi connectivity index (χ4n) is 1.77. The van der Waals surface area contributed by atoms with Gasteiger partial charge < -0.3 is 18.9 Å². The molecule has 0 saturated carbocycles. The maximum atomic E-state index is 11.9. The summed E-state index contributed by atoms with van der Waals surface area (Å²) in [5.41, 5.74) is 0. The van der Waals surface area contributed by atoms with Crippen molar-refractivity contribution in [1.29, 1.82) is 0 Å². The number of unbranched alkanes of at least 4 members (excludes halogenated alkanes) is 1. The molecule has 1 aliphatic heterocycles. The van der Waals surface area contributed by atoms with Gasteiger partial charge in [0.05, 0.1) is 13.2 Å². The molecule has 0 N–H and O–H groups in total. The van der Waals surface area contributed by atoms with Crippen LogP contribution in [0.4, 0.5) is 0 Å². The third-order valence-electron chi connectivity index (χ3n) is 2.68. The van der Waals surface area contributed by atoms with E-state index in [-0.39, 0.29) is 5.97 Å². The van der Waals surface area contributed by atoms with Crippen molar-refractivity contribution in [2.45, 2.75) is 58.5 Å². The van der Waals surface area contributed by atoms with Crippen LogP contribution in [0, 0.1) is 0 Å². The fourth-order valence-corrected chi connectivity index (χ4v) is 1.77. The molecule has 0 aromatic rings. The molecule has 1 fully saturated rings. The Morgan fingerprint density at radius 1 is 1.44 bits per heavy atom. The van der Waals surface area contributed by atoms with Gasteiger partial charge in [-0.15, -0.1) is 0 Å². The topological polar surface area (TPSA) is 54.0 Å². The average Bonchev–Trinajstić information content (AvgIpc) is 2.65. The molecule has 0 unspecified atom stereocenters. The smallest absolute Gasteiger partial charge is 0.338 e. The minimum atomic E-state index is -0.696. The third-order valence-corrected chi connectivity index (χ3v) is 2.68. The van der Waals surface area contributed by atoms with Crippen LogP contribution in [0.5, 0.6) is 0 Å². The summed E-state index contributed by atoms with van der Waals surface area (Å²) in [6, 6.07) is 0. The van der Waals surface area contributed by atoms with Gasteiger partial charge in [0.2, 0.25) is 0 Å². The van der Waals surface area contributed by atoms with E-state index in [9.17, 15) is 4.79 Å². The molecule has 0 aromatic heterocycles. The molecule has 0 aliphatic carbocycles. The van der Waals surface area contributed by atoms with E-state index < -0.39 is 18.0 Å². The number of esters is 1. The van der Waals surface area contributed by atoms with Crippen molar-refractivity contribution >= 4 is 5.97 Å². The molecule has 1 aliphatic rings. The molecule has 0 radical (unpaired) electrons. The van der Waals surface area contributed by atoms with Crippen molar-refractivity contribution in [3.63, 3.8) is 0 Å². The monoisotopic (exact) mass is 260 g/mol. The Labute approximate surface area is 109 Å². The van der Waals surface area contributed by atoms with Crippen molar-refractivity contribution in [1.82, 2.24) is 0 Å². The molecule has 5 heteroatoms. The largest absolute Gasteiger partial charge is 0.464 e. The first-order chi connectivity index (χ1) is 8.50. The van der Waals surface area contributed by atoms with Crippen molar-refractivity contribution in [2.24, 2.45) is 0 Å². The van der Waals surface area contributed by atoms with Gasteiger partial charge in [-0.1, -0.05) is 13.3 Å². The number of rotatable bonds is 7. The number of ether oxygens (including phenoxy) is 4. The molecule has 5 nitrogen and oxygen atoms in total. The highest BCUT2D eigenvalue weighted by Gasteiger charge is 2.41. The molecule has 0 bridgehead atoms. The first kappa shape index (κ1) is 15.4. The summed E-state index contributed by atoms with van der Waals surface area (Å²) in [6.07, 6.45) is 0.838. The zero-order valence-corrected chi connectivity index (χ0v) is 11.7. The van der Waals surface area contributed by atoms with Gasteiger partial charge in [0.15, 0.2) is 11.9 Å². The summed E-state index contributed by atoms with van der Waals surface area (Å²) in [4.78, 5) is 11.9. The number of carbonyl (C=O) groups excluding carboxylic acids is 1. The highest BCUT2D eigenvalue weighted by atomic mass is 16.8. The van der Waals surface area contributed by atoms with E-state index in [0.717, 1.165) is 12.8 Å². The lowest BCUT2D eigenvalue weighted by Crippen LogP contribution is -2.40. The lowest BCUT2D eigenvalue weighted by molar-refractivity contribution is -0.178.